The Morgan fingerprint density at radius 2 is 2.37 bits per heavy atom. The van der Waals surface area contributed by atoms with Crippen LogP contribution in [0.3, 0.4) is 0 Å². The molecule has 0 spiro atoms. The Balaban J connectivity index is 2.08. The fourth-order valence-electron chi connectivity index (χ4n) is 2.74. The van der Waals surface area contributed by atoms with E-state index in [1.807, 2.05) is 17.9 Å². The third-order valence-corrected chi connectivity index (χ3v) is 3.69. The number of amides is 1. The number of aromatic nitrogens is 1. The Labute approximate surface area is 115 Å². The number of carbonyl (C=O) groups excluding carboxylic acids is 1. The molecule has 2 rings (SSSR count). The number of rotatable bonds is 5. The van der Waals surface area contributed by atoms with Gasteiger partial charge in [-0.05, 0) is 31.7 Å². The topological polar surface area (TPSA) is 45.2 Å². The van der Waals surface area contributed by atoms with Gasteiger partial charge in [0, 0.05) is 32.0 Å². The van der Waals surface area contributed by atoms with Gasteiger partial charge in [0.15, 0.2) is 0 Å². The fourth-order valence-corrected chi connectivity index (χ4v) is 2.74. The van der Waals surface area contributed by atoms with Crippen molar-refractivity contribution < 1.29 is 4.79 Å². The van der Waals surface area contributed by atoms with Gasteiger partial charge in [0.25, 0.3) is 5.91 Å². The first-order valence-corrected chi connectivity index (χ1v) is 7.23. The highest BCUT2D eigenvalue weighted by Crippen LogP contribution is 2.24. The molecule has 1 aliphatic rings. The van der Waals surface area contributed by atoms with E-state index in [0.717, 1.165) is 31.7 Å². The Bertz CT molecular complexity index is 433. The summed E-state index contributed by atoms with van der Waals surface area (Å²) in [6.07, 6.45) is 6.95. The molecule has 1 fully saturated rings. The number of anilines is 1. The number of nitrogens with one attached hydrogen (secondary N) is 1. The lowest BCUT2D eigenvalue weighted by molar-refractivity contribution is 0.0787. The van der Waals surface area contributed by atoms with Gasteiger partial charge in [-0.3, -0.25) is 9.78 Å². The lowest BCUT2D eigenvalue weighted by atomic mass is 10.0. The van der Waals surface area contributed by atoms with Crippen LogP contribution in [0.15, 0.2) is 18.5 Å². The van der Waals surface area contributed by atoms with Gasteiger partial charge in [-0.15, -0.1) is 0 Å². The monoisotopic (exact) mass is 261 g/mol. The minimum absolute atomic E-state index is 0.114. The summed E-state index contributed by atoms with van der Waals surface area (Å²) in [5.74, 6) is 0.788. The van der Waals surface area contributed by atoms with Gasteiger partial charge in [0.05, 0.1) is 11.3 Å². The van der Waals surface area contributed by atoms with Gasteiger partial charge in [-0.2, -0.15) is 0 Å². The van der Waals surface area contributed by atoms with Gasteiger partial charge in [0.2, 0.25) is 0 Å². The van der Waals surface area contributed by atoms with Crippen molar-refractivity contribution in [2.45, 2.75) is 33.1 Å². The third kappa shape index (κ3) is 3.25. The molecule has 1 amide bonds. The van der Waals surface area contributed by atoms with E-state index in [4.69, 9.17) is 0 Å². The van der Waals surface area contributed by atoms with E-state index in [1.165, 1.54) is 12.8 Å². The molecular weight excluding hydrogens is 238 g/mol. The number of hydrogen-bond acceptors (Lipinski definition) is 3. The predicted octanol–water partition coefficient (Wildman–Crippen LogP) is 2.78. The van der Waals surface area contributed by atoms with Crippen LogP contribution in [0.5, 0.6) is 0 Å². The minimum atomic E-state index is 0.114. The maximum absolute atomic E-state index is 12.5. The summed E-state index contributed by atoms with van der Waals surface area (Å²) in [6.45, 7) is 6.82. The Morgan fingerprint density at radius 3 is 3.11 bits per heavy atom. The first-order chi connectivity index (χ1) is 9.26. The second-order valence-corrected chi connectivity index (χ2v) is 5.15. The predicted molar refractivity (Wildman–Crippen MR) is 77.3 cm³/mol. The minimum Gasteiger partial charge on any atom is -0.385 e. The van der Waals surface area contributed by atoms with Gasteiger partial charge < -0.3 is 10.2 Å². The smallest absolute Gasteiger partial charge is 0.257 e. The molecule has 0 radical (unpaired) electrons. The van der Waals surface area contributed by atoms with Crippen LogP contribution >= 0.6 is 0 Å². The van der Waals surface area contributed by atoms with Crippen LogP contribution in [-0.4, -0.2) is 35.4 Å². The summed E-state index contributed by atoms with van der Waals surface area (Å²) in [5, 5.41) is 3.23. The molecule has 1 aromatic rings. The zero-order valence-electron chi connectivity index (χ0n) is 11.9. The lowest BCUT2D eigenvalue weighted by Crippen LogP contribution is -2.29. The van der Waals surface area contributed by atoms with Crippen molar-refractivity contribution in [3.05, 3.63) is 24.0 Å². The number of carbonyl (C=O) groups is 1. The molecule has 1 unspecified atom stereocenters. The molecule has 4 heteroatoms. The standard InChI is InChI=1S/C15H23N3O/c1-3-5-12-7-9-18(11-12)15(19)13-10-16-8-6-14(13)17-4-2/h6,8,10,12H,3-5,7,9,11H2,1-2H3,(H,16,17). The summed E-state index contributed by atoms with van der Waals surface area (Å²) < 4.78 is 0. The van der Waals surface area contributed by atoms with E-state index in [-0.39, 0.29) is 5.91 Å². The van der Waals surface area contributed by atoms with E-state index in [2.05, 4.69) is 17.2 Å². The molecule has 104 valence electrons. The Kier molecular flexibility index (Phi) is 4.77. The molecule has 1 aromatic heterocycles. The molecule has 0 saturated carbocycles. The summed E-state index contributed by atoms with van der Waals surface area (Å²) in [7, 11) is 0. The van der Waals surface area contributed by atoms with E-state index in [9.17, 15) is 4.79 Å². The van der Waals surface area contributed by atoms with Crippen LogP contribution in [-0.2, 0) is 0 Å². The molecule has 1 N–H and O–H groups in total. The van der Waals surface area contributed by atoms with Gasteiger partial charge in [-0.25, -0.2) is 0 Å². The number of pyridine rings is 1. The van der Waals surface area contributed by atoms with Crippen molar-refractivity contribution in [2.24, 2.45) is 5.92 Å². The molecule has 4 nitrogen and oxygen atoms in total. The van der Waals surface area contributed by atoms with E-state index in [0.29, 0.717) is 11.5 Å². The molecule has 1 atom stereocenters. The molecule has 0 aromatic carbocycles. The van der Waals surface area contributed by atoms with Crippen LogP contribution in [0.1, 0.15) is 43.5 Å². The molecule has 1 saturated heterocycles. The third-order valence-electron chi connectivity index (χ3n) is 3.69. The Morgan fingerprint density at radius 1 is 1.53 bits per heavy atom. The van der Waals surface area contributed by atoms with Crippen molar-refractivity contribution in [2.75, 3.05) is 25.0 Å². The Hall–Kier alpha value is -1.58. The normalized spacial score (nSPS) is 18.6. The second kappa shape index (κ2) is 6.55. The molecule has 1 aliphatic heterocycles. The quantitative estimate of drug-likeness (QED) is 0.886. The largest absolute Gasteiger partial charge is 0.385 e. The molecule has 0 aliphatic carbocycles. The van der Waals surface area contributed by atoms with Crippen LogP contribution in [0.2, 0.25) is 0 Å². The summed E-state index contributed by atoms with van der Waals surface area (Å²) in [6, 6.07) is 1.87. The molecule has 19 heavy (non-hydrogen) atoms. The van der Waals surface area contributed by atoms with E-state index < -0.39 is 0 Å². The van der Waals surface area contributed by atoms with Crippen LogP contribution in [0.4, 0.5) is 5.69 Å². The van der Waals surface area contributed by atoms with E-state index in [1.54, 1.807) is 12.4 Å². The number of hydrogen-bond donors (Lipinski definition) is 1. The van der Waals surface area contributed by atoms with Crippen molar-refractivity contribution in [1.29, 1.82) is 0 Å². The van der Waals surface area contributed by atoms with Crippen molar-refractivity contribution >= 4 is 11.6 Å². The van der Waals surface area contributed by atoms with E-state index >= 15 is 0 Å². The first kappa shape index (κ1) is 13.8. The highest BCUT2D eigenvalue weighted by Gasteiger charge is 2.27. The van der Waals surface area contributed by atoms with Crippen molar-refractivity contribution in [1.82, 2.24) is 9.88 Å². The number of nitrogens with zero attached hydrogens (tertiary/aromatic N) is 2. The summed E-state index contributed by atoms with van der Waals surface area (Å²) in [5.41, 5.74) is 1.59. The van der Waals surface area contributed by atoms with Crippen LogP contribution < -0.4 is 5.32 Å². The lowest BCUT2D eigenvalue weighted by Gasteiger charge is -2.18. The first-order valence-electron chi connectivity index (χ1n) is 7.23. The highest BCUT2D eigenvalue weighted by molar-refractivity contribution is 5.99. The number of likely N-dealkylation sites (tertiary alicyclic amines) is 1. The molecule has 2 heterocycles. The van der Waals surface area contributed by atoms with Crippen LogP contribution in [0.25, 0.3) is 0 Å². The zero-order valence-corrected chi connectivity index (χ0v) is 11.9. The van der Waals surface area contributed by atoms with Crippen molar-refractivity contribution in [3.8, 4) is 0 Å². The van der Waals surface area contributed by atoms with Crippen molar-refractivity contribution in [3.63, 3.8) is 0 Å². The molecular formula is C15H23N3O. The highest BCUT2D eigenvalue weighted by atomic mass is 16.2. The summed E-state index contributed by atoms with van der Waals surface area (Å²) >= 11 is 0. The van der Waals surface area contributed by atoms with Gasteiger partial charge >= 0.3 is 0 Å². The van der Waals surface area contributed by atoms with Crippen LogP contribution in [0, 0.1) is 5.92 Å². The zero-order chi connectivity index (χ0) is 13.7. The van der Waals surface area contributed by atoms with Gasteiger partial charge in [-0.1, -0.05) is 13.3 Å². The molecule has 0 bridgehead atoms. The van der Waals surface area contributed by atoms with Gasteiger partial charge in [0.1, 0.15) is 0 Å². The maximum atomic E-state index is 12.5. The fraction of sp³-hybridized carbons (Fsp3) is 0.600. The maximum Gasteiger partial charge on any atom is 0.257 e. The summed E-state index contributed by atoms with van der Waals surface area (Å²) in [4.78, 5) is 18.6. The SMILES string of the molecule is CCCC1CCN(C(=O)c2cnccc2NCC)C1. The average Bonchev–Trinajstić information content (AvgIpc) is 2.88. The second-order valence-electron chi connectivity index (χ2n) is 5.15. The average molecular weight is 261 g/mol.